The van der Waals surface area contributed by atoms with Gasteiger partial charge >= 0.3 is 6.09 Å². The van der Waals surface area contributed by atoms with Crippen molar-refractivity contribution in [2.24, 2.45) is 5.92 Å². The van der Waals surface area contributed by atoms with Crippen molar-refractivity contribution in [1.82, 2.24) is 10.6 Å². The second-order valence-corrected chi connectivity index (χ2v) is 5.40. The number of amides is 1. The molecule has 0 bridgehead atoms. The second kappa shape index (κ2) is 6.09. The molecule has 0 aromatic carbocycles. The Kier molecular flexibility index (Phi) is 5.06. The van der Waals surface area contributed by atoms with Crippen molar-refractivity contribution in [2.75, 3.05) is 13.1 Å². The molecule has 1 amide bonds. The predicted molar refractivity (Wildman–Crippen MR) is 64.7 cm³/mol. The van der Waals surface area contributed by atoms with E-state index >= 15 is 0 Å². The Bertz CT molecular complexity index is 223. The average molecular weight is 228 g/mol. The summed E-state index contributed by atoms with van der Waals surface area (Å²) >= 11 is 0. The molecule has 1 heterocycles. The minimum Gasteiger partial charge on any atom is -0.465 e. The molecule has 0 spiro atoms. The van der Waals surface area contributed by atoms with Crippen molar-refractivity contribution in [1.29, 1.82) is 0 Å². The number of carboxylic acid groups (broad SMARTS) is 1. The van der Waals surface area contributed by atoms with Crippen LogP contribution in [0, 0.1) is 5.92 Å². The van der Waals surface area contributed by atoms with E-state index in [0.717, 1.165) is 31.8 Å². The summed E-state index contributed by atoms with van der Waals surface area (Å²) in [6.45, 7) is 6.18. The lowest BCUT2D eigenvalue weighted by Crippen LogP contribution is -2.42. The van der Waals surface area contributed by atoms with E-state index in [1.54, 1.807) is 0 Å². The first-order valence-corrected chi connectivity index (χ1v) is 6.21. The van der Waals surface area contributed by atoms with E-state index in [0.29, 0.717) is 0 Å². The van der Waals surface area contributed by atoms with Gasteiger partial charge in [-0.1, -0.05) is 12.8 Å². The first-order chi connectivity index (χ1) is 7.49. The summed E-state index contributed by atoms with van der Waals surface area (Å²) < 4.78 is 0. The second-order valence-electron chi connectivity index (χ2n) is 5.40. The van der Waals surface area contributed by atoms with Crippen LogP contribution in [-0.2, 0) is 0 Å². The summed E-state index contributed by atoms with van der Waals surface area (Å²) in [6, 6.07) is 0. The highest BCUT2D eigenvalue weighted by molar-refractivity contribution is 5.65. The molecule has 0 aliphatic carbocycles. The minimum atomic E-state index is -0.924. The van der Waals surface area contributed by atoms with Gasteiger partial charge in [0.15, 0.2) is 0 Å². The van der Waals surface area contributed by atoms with Gasteiger partial charge in [-0.2, -0.15) is 0 Å². The van der Waals surface area contributed by atoms with Crippen LogP contribution in [0.25, 0.3) is 0 Å². The molecule has 0 unspecified atom stereocenters. The third-order valence-electron chi connectivity index (χ3n) is 3.32. The molecule has 3 N–H and O–H groups in total. The number of rotatable bonds is 5. The first kappa shape index (κ1) is 13.3. The van der Waals surface area contributed by atoms with E-state index in [4.69, 9.17) is 5.11 Å². The van der Waals surface area contributed by atoms with Crippen LogP contribution in [0.1, 0.15) is 46.0 Å². The van der Waals surface area contributed by atoms with Crippen molar-refractivity contribution < 1.29 is 9.90 Å². The zero-order valence-electron chi connectivity index (χ0n) is 10.4. The Morgan fingerprint density at radius 3 is 2.62 bits per heavy atom. The fraction of sp³-hybridized carbons (Fsp3) is 0.917. The Morgan fingerprint density at radius 1 is 1.44 bits per heavy atom. The van der Waals surface area contributed by atoms with Crippen molar-refractivity contribution in [3.05, 3.63) is 0 Å². The third kappa shape index (κ3) is 5.35. The lowest BCUT2D eigenvalue weighted by atomic mass is 9.89. The maximum Gasteiger partial charge on any atom is 0.405 e. The van der Waals surface area contributed by atoms with Gasteiger partial charge in [-0.3, -0.25) is 0 Å². The maximum absolute atomic E-state index is 10.6. The number of hydrogen-bond acceptors (Lipinski definition) is 2. The van der Waals surface area contributed by atoms with Gasteiger partial charge in [-0.05, 0) is 52.1 Å². The van der Waals surface area contributed by atoms with Crippen LogP contribution in [0.3, 0.4) is 0 Å². The van der Waals surface area contributed by atoms with Crippen LogP contribution in [0.5, 0.6) is 0 Å². The Morgan fingerprint density at radius 2 is 2.06 bits per heavy atom. The number of hydrogen-bond donors (Lipinski definition) is 3. The Hall–Kier alpha value is -0.770. The van der Waals surface area contributed by atoms with Crippen LogP contribution in [0.15, 0.2) is 0 Å². The molecule has 1 aliphatic heterocycles. The van der Waals surface area contributed by atoms with Gasteiger partial charge in [0.1, 0.15) is 0 Å². The summed E-state index contributed by atoms with van der Waals surface area (Å²) in [4.78, 5) is 10.6. The van der Waals surface area contributed by atoms with Crippen molar-refractivity contribution in [3.63, 3.8) is 0 Å². The molecule has 0 aromatic heterocycles. The quantitative estimate of drug-likeness (QED) is 0.676. The number of nitrogens with one attached hydrogen (secondary N) is 2. The fourth-order valence-corrected chi connectivity index (χ4v) is 2.36. The van der Waals surface area contributed by atoms with Gasteiger partial charge in [-0.25, -0.2) is 4.79 Å². The molecule has 0 aromatic rings. The van der Waals surface area contributed by atoms with Crippen LogP contribution in [-0.4, -0.2) is 29.8 Å². The van der Waals surface area contributed by atoms with Crippen LogP contribution >= 0.6 is 0 Å². The maximum atomic E-state index is 10.6. The normalized spacial score (nSPS) is 18.4. The van der Waals surface area contributed by atoms with Gasteiger partial charge in [0.05, 0.1) is 0 Å². The lowest BCUT2D eigenvalue weighted by molar-refractivity contribution is 0.179. The van der Waals surface area contributed by atoms with E-state index < -0.39 is 6.09 Å². The highest BCUT2D eigenvalue weighted by atomic mass is 16.4. The number of carbonyl (C=O) groups is 1. The molecule has 0 atom stereocenters. The zero-order valence-corrected chi connectivity index (χ0v) is 10.4. The van der Waals surface area contributed by atoms with Crippen molar-refractivity contribution in [3.8, 4) is 0 Å². The molecule has 0 radical (unpaired) electrons. The molecular formula is C12H24N2O2. The molecule has 4 nitrogen and oxygen atoms in total. The molecule has 1 saturated heterocycles. The number of piperidine rings is 1. The van der Waals surface area contributed by atoms with Crippen LogP contribution in [0.2, 0.25) is 0 Å². The zero-order chi connectivity index (χ0) is 12.0. The lowest BCUT2D eigenvalue weighted by Gasteiger charge is -2.27. The van der Waals surface area contributed by atoms with Crippen molar-refractivity contribution >= 4 is 6.09 Å². The van der Waals surface area contributed by atoms with Crippen molar-refractivity contribution in [2.45, 2.75) is 51.5 Å². The average Bonchev–Trinajstić information content (AvgIpc) is 2.16. The van der Waals surface area contributed by atoms with Gasteiger partial charge in [0, 0.05) is 5.54 Å². The van der Waals surface area contributed by atoms with Gasteiger partial charge in [0.2, 0.25) is 0 Å². The topological polar surface area (TPSA) is 61.4 Å². The van der Waals surface area contributed by atoms with Gasteiger partial charge in [-0.15, -0.1) is 0 Å². The fourth-order valence-electron chi connectivity index (χ4n) is 2.36. The summed E-state index contributed by atoms with van der Waals surface area (Å²) in [5.74, 6) is 0.835. The van der Waals surface area contributed by atoms with Crippen LogP contribution < -0.4 is 10.6 Å². The van der Waals surface area contributed by atoms with E-state index in [1.165, 1.54) is 19.3 Å². The van der Waals surface area contributed by atoms with Gasteiger partial charge in [0.25, 0.3) is 0 Å². The van der Waals surface area contributed by atoms with E-state index in [-0.39, 0.29) is 5.54 Å². The molecular weight excluding hydrogens is 204 g/mol. The van der Waals surface area contributed by atoms with E-state index in [1.807, 2.05) is 13.8 Å². The smallest absolute Gasteiger partial charge is 0.405 e. The molecule has 4 heteroatoms. The molecule has 1 rings (SSSR count). The Labute approximate surface area is 97.8 Å². The van der Waals surface area contributed by atoms with Crippen LogP contribution in [0.4, 0.5) is 4.79 Å². The summed E-state index contributed by atoms with van der Waals surface area (Å²) in [7, 11) is 0. The molecule has 16 heavy (non-hydrogen) atoms. The first-order valence-electron chi connectivity index (χ1n) is 6.21. The molecule has 94 valence electrons. The predicted octanol–water partition coefficient (Wildman–Crippen LogP) is 2.20. The minimum absolute atomic E-state index is 0.293. The summed E-state index contributed by atoms with van der Waals surface area (Å²) in [5.41, 5.74) is -0.293. The third-order valence-corrected chi connectivity index (χ3v) is 3.32. The van der Waals surface area contributed by atoms with E-state index in [9.17, 15) is 4.79 Å². The SMILES string of the molecule is CC(C)(CCCC1CCNCC1)NC(=O)O. The monoisotopic (exact) mass is 228 g/mol. The molecule has 1 aliphatic rings. The molecule has 1 fully saturated rings. The largest absolute Gasteiger partial charge is 0.465 e. The standard InChI is InChI=1S/C12H24N2O2/c1-12(2,14-11(15)16)7-3-4-10-5-8-13-9-6-10/h10,13-14H,3-9H2,1-2H3,(H,15,16). The summed E-state index contributed by atoms with van der Waals surface area (Å²) in [6.07, 6.45) is 4.87. The van der Waals surface area contributed by atoms with E-state index in [2.05, 4.69) is 10.6 Å². The summed E-state index contributed by atoms with van der Waals surface area (Å²) in [5, 5.41) is 14.6. The highest BCUT2D eigenvalue weighted by Gasteiger charge is 2.20. The highest BCUT2D eigenvalue weighted by Crippen LogP contribution is 2.21. The Balaban J connectivity index is 2.15. The van der Waals surface area contributed by atoms with Gasteiger partial charge < -0.3 is 15.7 Å². The molecule has 0 saturated carbocycles.